The molecule has 0 spiro atoms. The monoisotopic (exact) mass is 357 g/mol. The molecule has 0 bridgehead atoms. The Bertz CT molecular complexity index is 1020. The van der Waals surface area contributed by atoms with Crippen LogP contribution in [0.1, 0.15) is 23.1 Å². The molecule has 0 saturated heterocycles. The van der Waals surface area contributed by atoms with Gasteiger partial charge in [0.2, 0.25) is 10.0 Å². The van der Waals surface area contributed by atoms with E-state index >= 15 is 0 Å². The quantitative estimate of drug-likeness (QED) is 0.688. The zero-order valence-electron chi connectivity index (χ0n) is 14.1. The van der Waals surface area contributed by atoms with Crippen LogP contribution in [-0.2, 0) is 16.6 Å². The average molecular weight is 357 g/mol. The molecule has 0 unspecified atom stereocenters. The molecule has 0 radical (unpaired) electrons. The SMILES string of the molecule is CC(=O)c1ccc(S(=O)(=O)NCCn2c(C)nc3ccccc32)cc1. The van der Waals surface area contributed by atoms with E-state index in [1.807, 2.05) is 35.8 Å². The Morgan fingerprint density at radius 2 is 1.80 bits per heavy atom. The van der Waals surface area contributed by atoms with E-state index in [1.54, 1.807) is 0 Å². The molecular formula is C18H19N3O3S. The van der Waals surface area contributed by atoms with Gasteiger partial charge in [0.25, 0.3) is 0 Å². The molecule has 0 saturated carbocycles. The number of rotatable bonds is 6. The Morgan fingerprint density at radius 3 is 2.48 bits per heavy atom. The molecule has 7 heteroatoms. The van der Waals surface area contributed by atoms with Gasteiger partial charge in [0.15, 0.2) is 5.78 Å². The average Bonchev–Trinajstić information content (AvgIpc) is 2.90. The Morgan fingerprint density at radius 1 is 1.12 bits per heavy atom. The first-order valence-electron chi connectivity index (χ1n) is 7.91. The Kier molecular flexibility index (Phi) is 4.69. The first kappa shape index (κ1) is 17.3. The van der Waals surface area contributed by atoms with Gasteiger partial charge in [-0.15, -0.1) is 0 Å². The molecule has 2 aromatic carbocycles. The summed E-state index contributed by atoms with van der Waals surface area (Å²) in [5, 5.41) is 0. The van der Waals surface area contributed by atoms with Crippen molar-refractivity contribution in [3.05, 3.63) is 59.9 Å². The summed E-state index contributed by atoms with van der Waals surface area (Å²) in [6, 6.07) is 13.7. The zero-order valence-corrected chi connectivity index (χ0v) is 14.9. The summed E-state index contributed by atoms with van der Waals surface area (Å²) in [7, 11) is -3.62. The molecule has 130 valence electrons. The van der Waals surface area contributed by atoms with Gasteiger partial charge in [0.1, 0.15) is 5.82 Å². The number of benzene rings is 2. The van der Waals surface area contributed by atoms with Crippen LogP contribution in [0.3, 0.4) is 0 Å². The fraction of sp³-hybridized carbons (Fsp3) is 0.222. The van der Waals surface area contributed by atoms with Gasteiger partial charge in [-0.1, -0.05) is 24.3 Å². The molecule has 0 aliphatic carbocycles. The van der Waals surface area contributed by atoms with Gasteiger partial charge >= 0.3 is 0 Å². The molecule has 3 rings (SSSR count). The van der Waals surface area contributed by atoms with Crippen LogP contribution in [0.4, 0.5) is 0 Å². The maximum Gasteiger partial charge on any atom is 0.240 e. The maximum atomic E-state index is 12.4. The summed E-state index contributed by atoms with van der Waals surface area (Å²) < 4.78 is 29.3. The van der Waals surface area contributed by atoms with Crippen LogP contribution in [0.25, 0.3) is 11.0 Å². The minimum atomic E-state index is -3.62. The fourth-order valence-electron chi connectivity index (χ4n) is 2.72. The van der Waals surface area contributed by atoms with Crippen molar-refractivity contribution in [3.8, 4) is 0 Å². The fourth-order valence-corrected chi connectivity index (χ4v) is 3.74. The normalized spacial score (nSPS) is 11.8. The molecule has 1 aromatic heterocycles. The highest BCUT2D eigenvalue weighted by molar-refractivity contribution is 7.89. The molecule has 0 amide bonds. The van der Waals surface area contributed by atoms with Crippen molar-refractivity contribution in [2.75, 3.05) is 6.54 Å². The Hall–Kier alpha value is -2.51. The van der Waals surface area contributed by atoms with E-state index in [-0.39, 0.29) is 17.2 Å². The van der Waals surface area contributed by atoms with Crippen LogP contribution in [0.2, 0.25) is 0 Å². The van der Waals surface area contributed by atoms with Crippen LogP contribution in [-0.4, -0.2) is 30.3 Å². The zero-order chi connectivity index (χ0) is 18.0. The lowest BCUT2D eigenvalue weighted by Gasteiger charge is -2.10. The number of para-hydroxylation sites is 2. The standard InChI is InChI=1S/C18H19N3O3S/c1-13(22)15-7-9-16(10-8-15)25(23,24)19-11-12-21-14(2)20-17-5-3-4-6-18(17)21/h3-10,19H,11-12H2,1-2H3. The summed E-state index contributed by atoms with van der Waals surface area (Å²) in [6.07, 6.45) is 0. The summed E-state index contributed by atoms with van der Waals surface area (Å²) in [4.78, 5) is 15.9. The largest absolute Gasteiger partial charge is 0.327 e. The van der Waals surface area contributed by atoms with Gasteiger partial charge in [0, 0.05) is 18.7 Å². The number of aryl methyl sites for hydroxylation is 1. The molecule has 1 N–H and O–H groups in total. The van der Waals surface area contributed by atoms with Gasteiger partial charge in [0.05, 0.1) is 15.9 Å². The number of carbonyl (C=O) groups excluding carboxylic acids is 1. The molecule has 1 heterocycles. The second-order valence-corrected chi connectivity index (χ2v) is 7.54. The summed E-state index contributed by atoms with van der Waals surface area (Å²) in [6.45, 7) is 4.07. The third kappa shape index (κ3) is 3.62. The topological polar surface area (TPSA) is 81.1 Å². The lowest BCUT2D eigenvalue weighted by molar-refractivity contribution is 0.101. The lowest BCUT2D eigenvalue weighted by Crippen LogP contribution is -2.27. The number of carbonyl (C=O) groups is 1. The number of Topliss-reactive ketones (excluding diaryl/α,β-unsaturated/α-hetero) is 1. The number of imidazole rings is 1. The molecule has 3 aromatic rings. The molecular weight excluding hydrogens is 338 g/mol. The number of sulfonamides is 1. The maximum absolute atomic E-state index is 12.4. The Labute approximate surface area is 146 Å². The highest BCUT2D eigenvalue weighted by atomic mass is 32.2. The number of hydrogen-bond acceptors (Lipinski definition) is 4. The summed E-state index contributed by atoms with van der Waals surface area (Å²) >= 11 is 0. The number of fused-ring (bicyclic) bond motifs is 1. The van der Waals surface area contributed by atoms with E-state index in [2.05, 4.69) is 9.71 Å². The van der Waals surface area contributed by atoms with Crippen molar-refractivity contribution in [1.29, 1.82) is 0 Å². The third-order valence-electron chi connectivity index (χ3n) is 4.04. The molecule has 25 heavy (non-hydrogen) atoms. The smallest absolute Gasteiger partial charge is 0.240 e. The van der Waals surface area contributed by atoms with Crippen molar-refractivity contribution in [3.63, 3.8) is 0 Å². The van der Waals surface area contributed by atoms with E-state index in [0.29, 0.717) is 12.1 Å². The van der Waals surface area contributed by atoms with Gasteiger partial charge < -0.3 is 4.57 Å². The van der Waals surface area contributed by atoms with E-state index in [1.165, 1.54) is 31.2 Å². The van der Waals surface area contributed by atoms with Gasteiger partial charge in [-0.05, 0) is 38.1 Å². The predicted molar refractivity (Wildman–Crippen MR) is 96.1 cm³/mol. The Balaban J connectivity index is 1.72. The van der Waals surface area contributed by atoms with E-state index in [4.69, 9.17) is 0 Å². The highest BCUT2D eigenvalue weighted by Crippen LogP contribution is 2.15. The highest BCUT2D eigenvalue weighted by Gasteiger charge is 2.14. The van der Waals surface area contributed by atoms with Crippen molar-refractivity contribution >= 4 is 26.8 Å². The van der Waals surface area contributed by atoms with E-state index < -0.39 is 10.0 Å². The second-order valence-electron chi connectivity index (χ2n) is 5.78. The minimum absolute atomic E-state index is 0.0978. The van der Waals surface area contributed by atoms with Crippen LogP contribution < -0.4 is 4.72 Å². The first-order chi connectivity index (χ1) is 11.9. The van der Waals surface area contributed by atoms with Gasteiger partial charge in [-0.2, -0.15) is 0 Å². The molecule has 0 aliphatic rings. The van der Waals surface area contributed by atoms with Crippen molar-refractivity contribution < 1.29 is 13.2 Å². The third-order valence-corrected chi connectivity index (χ3v) is 5.52. The van der Waals surface area contributed by atoms with Crippen molar-refractivity contribution in [1.82, 2.24) is 14.3 Å². The van der Waals surface area contributed by atoms with Crippen molar-refractivity contribution in [2.45, 2.75) is 25.3 Å². The molecule has 0 aliphatic heterocycles. The van der Waals surface area contributed by atoms with Gasteiger partial charge in [-0.3, -0.25) is 4.79 Å². The van der Waals surface area contributed by atoms with E-state index in [0.717, 1.165) is 16.9 Å². The second kappa shape index (κ2) is 6.78. The van der Waals surface area contributed by atoms with Crippen LogP contribution in [0, 0.1) is 6.92 Å². The van der Waals surface area contributed by atoms with E-state index in [9.17, 15) is 13.2 Å². The first-order valence-corrected chi connectivity index (χ1v) is 9.39. The predicted octanol–water partition coefficient (Wildman–Crippen LogP) is 2.53. The summed E-state index contributed by atoms with van der Waals surface area (Å²) in [5.74, 6) is 0.741. The number of nitrogens with zero attached hydrogens (tertiary/aromatic N) is 2. The van der Waals surface area contributed by atoms with Crippen molar-refractivity contribution in [2.24, 2.45) is 0 Å². The minimum Gasteiger partial charge on any atom is -0.327 e. The van der Waals surface area contributed by atoms with Crippen LogP contribution >= 0.6 is 0 Å². The number of aromatic nitrogens is 2. The van der Waals surface area contributed by atoms with Crippen LogP contribution in [0.15, 0.2) is 53.4 Å². The van der Waals surface area contributed by atoms with Crippen LogP contribution in [0.5, 0.6) is 0 Å². The lowest BCUT2D eigenvalue weighted by atomic mass is 10.2. The summed E-state index contributed by atoms with van der Waals surface area (Å²) in [5.41, 5.74) is 2.35. The number of hydrogen-bond donors (Lipinski definition) is 1. The number of ketones is 1. The number of nitrogens with one attached hydrogen (secondary N) is 1. The molecule has 6 nitrogen and oxygen atoms in total. The van der Waals surface area contributed by atoms with Gasteiger partial charge in [-0.25, -0.2) is 18.1 Å². The molecule has 0 atom stereocenters. The molecule has 0 fully saturated rings.